The molecular weight excluding hydrogens is 376 g/mol. The lowest BCUT2D eigenvalue weighted by atomic mass is 10.2. The fourth-order valence-corrected chi connectivity index (χ4v) is 3.61. The highest BCUT2D eigenvalue weighted by Gasteiger charge is 2.15. The summed E-state index contributed by atoms with van der Waals surface area (Å²) in [5.41, 5.74) is 2.18. The molecule has 0 aromatic heterocycles. The maximum Gasteiger partial charge on any atom is 0.261 e. The zero-order valence-corrected chi connectivity index (χ0v) is 16.3. The highest BCUT2D eigenvalue weighted by molar-refractivity contribution is 7.92. The van der Waals surface area contributed by atoms with Gasteiger partial charge in [-0.15, -0.1) is 0 Å². The van der Waals surface area contributed by atoms with E-state index in [1.807, 2.05) is 6.92 Å². The van der Waals surface area contributed by atoms with Crippen molar-refractivity contribution in [2.75, 3.05) is 17.1 Å². The molecule has 2 N–H and O–H groups in total. The summed E-state index contributed by atoms with van der Waals surface area (Å²) >= 11 is 0. The lowest BCUT2D eigenvalue weighted by molar-refractivity contribution is 0.102. The van der Waals surface area contributed by atoms with Crippen LogP contribution in [0.2, 0.25) is 0 Å². The van der Waals surface area contributed by atoms with Gasteiger partial charge < -0.3 is 10.1 Å². The molecule has 7 heteroatoms. The number of nitrogens with one attached hydrogen (secondary N) is 2. The number of sulfonamides is 1. The van der Waals surface area contributed by atoms with Crippen LogP contribution in [-0.4, -0.2) is 21.4 Å². The van der Waals surface area contributed by atoms with Gasteiger partial charge >= 0.3 is 0 Å². The van der Waals surface area contributed by atoms with Crippen molar-refractivity contribution >= 4 is 27.3 Å². The molecule has 144 valence electrons. The molecule has 0 atom stereocenters. The summed E-state index contributed by atoms with van der Waals surface area (Å²) in [6, 6.07) is 19.8. The van der Waals surface area contributed by atoms with Gasteiger partial charge in [-0.05, 0) is 49.4 Å². The van der Waals surface area contributed by atoms with E-state index in [1.54, 1.807) is 61.7 Å². The Hall–Kier alpha value is -3.32. The SMILES string of the molecule is COc1cccc(NC(=O)c2cccc(NS(=O)(=O)c3ccc(C)cc3)c2)c1. The standard InChI is InChI=1S/C21H20N2O4S/c1-15-9-11-20(12-10-15)28(25,26)23-18-7-3-5-16(13-18)21(24)22-17-6-4-8-19(14-17)27-2/h3-14,23H,1-2H3,(H,22,24). The van der Waals surface area contributed by atoms with Crippen LogP contribution in [0, 0.1) is 6.92 Å². The van der Waals surface area contributed by atoms with Crippen LogP contribution in [0.1, 0.15) is 15.9 Å². The molecule has 0 radical (unpaired) electrons. The maximum absolute atomic E-state index is 12.5. The zero-order chi connectivity index (χ0) is 20.1. The van der Waals surface area contributed by atoms with E-state index in [-0.39, 0.29) is 10.8 Å². The van der Waals surface area contributed by atoms with Crippen LogP contribution in [0.15, 0.2) is 77.7 Å². The van der Waals surface area contributed by atoms with Crippen molar-refractivity contribution in [3.63, 3.8) is 0 Å². The maximum atomic E-state index is 12.5. The Morgan fingerprint density at radius 3 is 2.29 bits per heavy atom. The van der Waals surface area contributed by atoms with Crippen molar-refractivity contribution in [3.05, 3.63) is 83.9 Å². The predicted octanol–water partition coefficient (Wildman–Crippen LogP) is 4.06. The number of hydrogen-bond donors (Lipinski definition) is 2. The number of anilines is 2. The molecule has 0 aliphatic heterocycles. The first kappa shape index (κ1) is 19.4. The van der Waals surface area contributed by atoms with Crippen molar-refractivity contribution in [2.24, 2.45) is 0 Å². The van der Waals surface area contributed by atoms with E-state index in [9.17, 15) is 13.2 Å². The summed E-state index contributed by atoms with van der Waals surface area (Å²) in [5.74, 6) is 0.266. The van der Waals surface area contributed by atoms with Crippen LogP contribution >= 0.6 is 0 Å². The van der Waals surface area contributed by atoms with E-state index in [0.29, 0.717) is 22.7 Å². The van der Waals surface area contributed by atoms with E-state index in [4.69, 9.17) is 4.74 Å². The molecule has 0 aliphatic carbocycles. The molecule has 0 saturated heterocycles. The fourth-order valence-electron chi connectivity index (χ4n) is 2.56. The van der Waals surface area contributed by atoms with Gasteiger partial charge in [-0.1, -0.05) is 29.8 Å². The second kappa shape index (κ2) is 8.14. The van der Waals surface area contributed by atoms with Crippen LogP contribution in [0.25, 0.3) is 0 Å². The molecular formula is C21H20N2O4S. The van der Waals surface area contributed by atoms with Gasteiger partial charge in [0.2, 0.25) is 0 Å². The summed E-state index contributed by atoms with van der Waals surface area (Å²) < 4.78 is 32.7. The number of methoxy groups -OCH3 is 1. The van der Waals surface area contributed by atoms with E-state index in [1.165, 1.54) is 18.2 Å². The molecule has 3 rings (SSSR count). The van der Waals surface area contributed by atoms with Crippen LogP contribution in [0.4, 0.5) is 11.4 Å². The molecule has 6 nitrogen and oxygen atoms in total. The lowest BCUT2D eigenvalue weighted by Crippen LogP contribution is -2.15. The number of aryl methyl sites for hydroxylation is 1. The van der Waals surface area contributed by atoms with Gasteiger partial charge in [-0.2, -0.15) is 0 Å². The van der Waals surface area contributed by atoms with Gasteiger partial charge in [0.15, 0.2) is 0 Å². The molecule has 0 heterocycles. The number of amides is 1. The number of rotatable bonds is 6. The van der Waals surface area contributed by atoms with Crippen molar-refractivity contribution in [1.82, 2.24) is 0 Å². The van der Waals surface area contributed by atoms with Gasteiger partial charge in [-0.3, -0.25) is 9.52 Å². The zero-order valence-electron chi connectivity index (χ0n) is 15.5. The lowest BCUT2D eigenvalue weighted by Gasteiger charge is -2.11. The van der Waals surface area contributed by atoms with Crippen molar-refractivity contribution < 1.29 is 17.9 Å². The molecule has 3 aromatic rings. The number of carbonyl (C=O) groups excluding carboxylic acids is 1. The third-order valence-corrected chi connectivity index (χ3v) is 5.43. The minimum Gasteiger partial charge on any atom is -0.497 e. The Kier molecular flexibility index (Phi) is 5.65. The topological polar surface area (TPSA) is 84.5 Å². The van der Waals surface area contributed by atoms with Gasteiger partial charge in [0.1, 0.15) is 5.75 Å². The molecule has 0 saturated carbocycles. The summed E-state index contributed by atoms with van der Waals surface area (Å²) in [4.78, 5) is 12.7. The third kappa shape index (κ3) is 4.69. The molecule has 3 aromatic carbocycles. The number of carbonyl (C=O) groups is 1. The van der Waals surface area contributed by atoms with Gasteiger partial charge in [-0.25, -0.2) is 8.42 Å². The second-order valence-electron chi connectivity index (χ2n) is 6.19. The average molecular weight is 396 g/mol. The fraction of sp³-hybridized carbons (Fsp3) is 0.0952. The minimum absolute atomic E-state index is 0.157. The Labute approximate surface area is 164 Å². The molecule has 0 aliphatic rings. The summed E-state index contributed by atoms with van der Waals surface area (Å²) in [6.45, 7) is 1.88. The third-order valence-electron chi connectivity index (χ3n) is 4.04. The Morgan fingerprint density at radius 1 is 0.893 bits per heavy atom. The average Bonchev–Trinajstić information content (AvgIpc) is 2.68. The predicted molar refractivity (Wildman–Crippen MR) is 109 cm³/mol. The first-order chi connectivity index (χ1) is 13.4. The molecule has 0 spiro atoms. The van der Waals surface area contributed by atoms with Crippen LogP contribution < -0.4 is 14.8 Å². The van der Waals surface area contributed by atoms with Crippen molar-refractivity contribution in [1.29, 1.82) is 0 Å². The van der Waals surface area contributed by atoms with E-state index in [2.05, 4.69) is 10.0 Å². The van der Waals surface area contributed by atoms with Gasteiger partial charge in [0, 0.05) is 23.0 Å². The van der Waals surface area contributed by atoms with Crippen molar-refractivity contribution in [2.45, 2.75) is 11.8 Å². The van der Waals surface area contributed by atoms with E-state index < -0.39 is 10.0 Å². The van der Waals surface area contributed by atoms with Gasteiger partial charge in [0.05, 0.1) is 12.0 Å². The molecule has 0 fully saturated rings. The van der Waals surface area contributed by atoms with E-state index in [0.717, 1.165) is 5.56 Å². The van der Waals surface area contributed by atoms with E-state index >= 15 is 0 Å². The first-order valence-corrected chi connectivity index (χ1v) is 10.0. The number of benzene rings is 3. The molecule has 0 unspecified atom stereocenters. The molecule has 1 amide bonds. The Morgan fingerprint density at radius 2 is 1.57 bits per heavy atom. The first-order valence-electron chi connectivity index (χ1n) is 8.52. The van der Waals surface area contributed by atoms with Crippen molar-refractivity contribution in [3.8, 4) is 5.75 Å². The van der Waals surface area contributed by atoms with Gasteiger partial charge in [0.25, 0.3) is 15.9 Å². The molecule has 0 bridgehead atoms. The molecule has 28 heavy (non-hydrogen) atoms. The second-order valence-corrected chi connectivity index (χ2v) is 7.87. The van der Waals surface area contributed by atoms with Crippen LogP contribution in [-0.2, 0) is 10.0 Å². The highest BCUT2D eigenvalue weighted by Crippen LogP contribution is 2.20. The summed E-state index contributed by atoms with van der Waals surface area (Å²) in [6.07, 6.45) is 0. The minimum atomic E-state index is -3.74. The number of ether oxygens (including phenoxy) is 1. The Bertz CT molecular complexity index is 1090. The largest absolute Gasteiger partial charge is 0.497 e. The van der Waals surface area contributed by atoms with Crippen LogP contribution in [0.5, 0.6) is 5.75 Å². The highest BCUT2D eigenvalue weighted by atomic mass is 32.2. The Balaban J connectivity index is 1.77. The smallest absolute Gasteiger partial charge is 0.261 e. The summed E-state index contributed by atoms with van der Waals surface area (Å²) in [7, 11) is -2.19. The monoisotopic (exact) mass is 396 g/mol. The normalized spacial score (nSPS) is 10.9. The summed E-state index contributed by atoms with van der Waals surface area (Å²) in [5, 5.41) is 2.76. The quantitative estimate of drug-likeness (QED) is 0.658. The van der Waals surface area contributed by atoms with Crippen LogP contribution in [0.3, 0.4) is 0 Å². The number of hydrogen-bond acceptors (Lipinski definition) is 4.